The molecule has 0 aliphatic heterocycles. The number of carbonyl (C=O) groups excluding carboxylic acids is 2. The molecule has 57 heavy (non-hydrogen) atoms. The zero-order valence-electron chi connectivity index (χ0n) is 35.4. The van der Waals surface area contributed by atoms with Crippen molar-refractivity contribution in [1.29, 1.82) is 0 Å². The van der Waals surface area contributed by atoms with Crippen molar-refractivity contribution in [3.63, 3.8) is 0 Å². The van der Waals surface area contributed by atoms with E-state index < -0.39 is 23.4 Å². The summed E-state index contributed by atoms with van der Waals surface area (Å²) in [6.07, 6.45) is 29.6. The molecule has 2 N–H and O–H groups in total. The number of benzene rings is 3. The number of rotatable bonds is 21. The van der Waals surface area contributed by atoms with E-state index in [1.54, 1.807) is 0 Å². The van der Waals surface area contributed by atoms with E-state index in [0.29, 0.717) is 0 Å². The molecule has 2 amide bonds. The third-order valence-electron chi connectivity index (χ3n) is 12.9. The van der Waals surface area contributed by atoms with Gasteiger partial charge in [-0.3, -0.25) is 10.6 Å². The number of nitrogens with one attached hydrogen (secondary N) is 2. The fourth-order valence-electron chi connectivity index (χ4n) is 9.27. The van der Waals surface area contributed by atoms with Crippen molar-refractivity contribution < 1.29 is 19.1 Å². The normalized spacial score (nSPS) is 17.1. The van der Waals surface area contributed by atoms with Gasteiger partial charge >= 0.3 is 12.2 Å². The summed E-state index contributed by atoms with van der Waals surface area (Å²) in [5.41, 5.74) is 7.52. The van der Waals surface area contributed by atoms with E-state index >= 15 is 0 Å². The molecular weight excluding hydrogens is 705 g/mol. The monoisotopic (exact) mass is 773 g/mol. The van der Waals surface area contributed by atoms with Crippen molar-refractivity contribution in [3.8, 4) is 11.1 Å². The maximum atomic E-state index is 13.6. The summed E-state index contributed by atoms with van der Waals surface area (Å²) in [6, 6.07) is 21.3. The highest BCUT2D eigenvalue weighted by Crippen LogP contribution is 2.55. The number of allylic oxidation sites excluding steroid dienone is 1. The van der Waals surface area contributed by atoms with Crippen LogP contribution in [-0.2, 0) is 14.9 Å². The lowest BCUT2D eigenvalue weighted by atomic mass is 9.70. The lowest BCUT2D eigenvalue weighted by Gasteiger charge is -2.38. The molecule has 0 atom stereocenters. The second kappa shape index (κ2) is 19.9. The average Bonchev–Trinajstić information content (AvgIpc) is 3.43. The summed E-state index contributed by atoms with van der Waals surface area (Å²) in [4.78, 5) is 27.0. The fourth-order valence-corrected chi connectivity index (χ4v) is 9.27. The van der Waals surface area contributed by atoms with Crippen LogP contribution in [0.2, 0.25) is 0 Å². The van der Waals surface area contributed by atoms with Crippen LogP contribution in [-0.4, -0.2) is 23.4 Å². The van der Waals surface area contributed by atoms with E-state index in [4.69, 9.17) is 9.47 Å². The van der Waals surface area contributed by atoms with Crippen molar-refractivity contribution >= 4 is 29.6 Å². The zero-order valence-corrected chi connectivity index (χ0v) is 35.4. The molecule has 3 aliphatic carbocycles. The standard InChI is InChI=1S/C51H68N2O4/c1-5-8-10-12-14-16-34-51(35-17-15-13-11-9-6-2)45-37-41(52-47(54)56-49(29-7-3)30-18-31-49)24-26-43(45)44-27-25-42(38-46(44)51)53-48(55)57-50(32-19-33-50)36-28-40-22-20-39(4)21-23-40/h7,20-29,36-38H,5-6,8-19,30-35H2,1-4H3,(H,52,54)(H,53,55)/b29-7+,36-28+. The van der Waals surface area contributed by atoms with E-state index in [-0.39, 0.29) is 5.41 Å². The summed E-state index contributed by atoms with van der Waals surface area (Å²) < 4.78 is 12.2. The van der Waals surface area contributed by atoms with Crippen LogP contribution in [0.3, 0.4) is 0 Å². The van der Waals surface area contributed by atoms with Gasteiger partial charge in [-0.1, -0.05) is 145 Å². The van der Waals surface area contributed by atoms with Crippen molar-refractivity contribution in [2.75, 3.05) is 10.6 Å². The van der Waals surface area contributed by atoms with Crippen molar-refractivity contribution in [3.05, 3.63) is 101 Å². The number of amides is 2. The molecule has 0 unspecified atom stereocenters. The van der Waals surface area contributed by atoms with E-state index in [9.17, 15) is 9.59 Å². The molecule has 306 valence electrons. The molecule has 2 saturated carbocycles. The predicted molar refractivity (Wildman–Crippen MR) is 237 cm³/mol. The summed E-state index contributed by atoms with van der Waals surface area (Å²) in [7, 11) is 0. The number of fused-ring (bicyclic) bond motifs is 3. The Kier molecular flexibility index (Phi) is 14.8. The third kappa shape index (κ3) is 10.6. The zero-order chi connectivity index (χ0) is 40.1. The number of aryl methyl sites for hydroxylation is 1. The number of hydrogen-bond donors (Lipinski definition) is 2. The van der Waals surface area contributed by atoms with Crippen molar-refractivity contribution in [2.24, 2.45) is 0 Å². The van der Waals surface area contributed by atoms with Gasteiger partial charge < -0.3 is 9.47 Å². The Morgan fingerprint density at radius 1 is 0.614 bits per heavy atom. The number of ether oxygens (including phenoxy) is 2. The first kappa shape index (κ1) is 42.3. The maximum Gasteiger partial charge on any atom is 0.412 e. The minimum atomic E-state index is -0.586. The quantitative estimate of drug-likeness (QED) is 0.0835. The van der Waals surface area contributed by atoms with Gasteiger partial charge in [-0.05, 0) is 129 Å². The molecule has 2 fully saturated rings. The molecule has 0 spiro atoms. The topological polar surface area (TPSA) is 76.7 Å². The van der Waals surface area contributed by atoms with Crippen LogP contribution in [0, 0.1) is 6.92 Å². The van der Waals surface area contributed by atoms with Gasteiger partial charge in [0.15, 0.2) is 0 Å². The van der Waals surface area contributed by atoms with Gasteiger partial charge in [-0.15, -0.1) is 0 Å². The Morgan fingerprint density at radius 3 is 1.51 bits per heavy atom. The molecule has 3 aromatic rings. The molecule has 0 saturated heterocycles. The van der Waals surface area contributed by atoms with Crippen LogP contribution in [0.5, 0.6) is 0 Å². The van der Waals surface area contributed by atoms with Crippen LogP contribution in [0.1, 0.15) is 171 Å². The van der Waals surface area contributed by atoms with Gasteiger partial charge in [0.2, 0.25) is 0 Å². The Hall–Kier alpha value is -4.32. The van der Waals surface area contributed by atoms with Crippen LogP contribution in [0.15, 0.2) is 78.9 Å². The molecular formula is C51H68N2O4. The summed E-state index contributed by atoms with van der Waals surface area (Å²) in [5, 5.41) is 6.27. The summed E-state index contributed by atoms with van der Waals surface area (Å²) in [6.45, 7) is 8.60. The Bertz CT molecular complexity index is 1830. The first-order chi connectivity index (χ1) is 27.7. The predicted octanol–water partition coefficient (Wildman–Crippen LogP) is 15.0. The summed E-state index contributed by atoms with van der Waals surface area (Å²) >= 11 is 0. The first-order valence-electron chi connectivity index (χ1n) is 22.4. The molecule has 0 heterocycles. The number of carbonyl (C=O) groups is 2. The molecule has 6 rings (SSSR count). The molecule has 0 radical (unpaired) electrons. The Balaban J connectivity index is 1.27. The van der Waals surface area contributed by atoms with Gasteiger partial charge in [0, 0.05) is 16.8 Å². The Labute approximate surface area is 343 Å². The molecule has 3 aliphatic rings. The largest absolute Gasteiger partial charge is 0.438 e. The van der Waals surface area contributed by atoms with Gasteiger partial charge in [0.1, 0.15) is 11.2 Å². The third-order valence-corrected chi connectivity index (χ3v) is 12.9. The first-order valence-corrected chi connectivity index (χ1v) is 22.4. The highest BCUT2D eigenvalue weighted by atomic mass is 16.6. The van der Waals surface area contributed by atoms with E-state index in [1.165, 1.54) is 92.0 Å². The Morgan fingerprint density at radius 2 is 1.07 bits per heavy atom. The molecule has 6 nitrogen and oxygen atoms in total. The van der Waals surface area contributed by atoms with Gasteiger partial charge in [0.25, 0.3) is 0 Å². The lowest BCUT2D eigenvalue weighted by Crippen LogP contribution is -2.41. The smallest absolute Gasteiger partial charge is 0.412 e. The SMILES string of the molecule is C/C=C/C1(OC(=O)Nc2ccc3c(c2)C(CCCCCCCC)(CCCCCCCC)c2cc(NC(=O)OC4(/C=C/c5ccc(C)cc5)CCC4)ccc2-3)CCC1. The van der Waals surface area contributed by atoms with E-state index in [1.807, 2.05) is 31.2 Å². The number of anilines is 2. The van der Waals surface area contributed by atoms with Gasteiger partial charge in [-0.2, -0.15) is 0 Å². The number of hydrogen-bond acceptors (Lipinski definition) is 4. The second-order valence-corrected chi connectivity index (χ2v) is 17.2. The van der Waals surface area contributed by atoms with Gasteiger partial charge in [-0.25, -0.2) is 9.59 Å². The van der Waals surface area contributed by atoms with E-state index in [2.05, 4.69) is 92.1 Å². The van der Waals surface area contributed by atoms with Crippen molar-refractivity contribution in [2.45, 2.75) is 173 Å². The minimum absolute atomic E-state index is 0.241. The molecule has 3 aromatic carbocycles. The highest BCUT2D eigenvalue weighted by molar-refractivity contribution is 5.91. The highest BCUT2D eigenvalue weighted by Gasteiger charge is 2.44. The number of unbranched alkanes of at least 4 members (excludes halogenated alkanes) is 10. The molecule has 0 bridgehead atoms. The fraction of sp³-hybridized carbons (Fsp3) is 0.529. The average molecular weight is 773 g/mol. The van der Waals surface area contributed by atoms with Crippen LogP contribution >= 0.6 is 0 Å². The second-order valence-electron chi connectivity index (χ2n) is 17.2. The van der Waals surface area contributed by atoms with E-state index in [0.717, 1.165) is 81.1 Å². The van der Waals surface area contributed by atoms with Crippen LogP contribution < -0.4 is 10.6 Å². The van der Waals surface area contributed by atoms with Crippen molar-refractivity contribution in [1.82, 2.24) is 0 Å². The molecule has 0 aromatic heterocycles. The van der Waals surface area contributed by atoms with Crippen LogP contribution in [0.4, 0.5) is 21.0 Å². The minimum Gasteiger partial charge on any atom is -0.438 e. The molecule has 6 heteroatoms. The van der Waals surface area contributed by atoms with Gasteiger partial charge in [0.05, 0.1) is 0 Å². The van der Waals surface area contributed by atoms with Crippen LogP contribution in [0.25, 0.3) is 17.2 Å². The lowest BCUT2D eigenvalue weighted by molar-refractivity contribution is -0.00159. The maximum absolute atomic E-state index is 13.6. The summed E-state index contributed by atoms with van der Waals surface area (Å²) in [5.74, 6) is 0.